The highest BCUT2D eigenvalue weighted by atomic mass is 35.5. The van der Waals surface area contributed by atoms with Crippen LogP contribution < -0.4 is 0 Å². The quantitative estimate of drug-likeness (QED) is 0.780. The van der Waals surface area contributed by atoms with Crippen molar-refractivity contribution in [1.29, 1.82) is 5.26 Å². The van der Waals surface area contributed by atoms with Crippen LogP contribution in [0.2, 0.25) is 5.02 Å². The van der Waals surface area contributed by atoms with E-state index in [1.165, 1.54) is 0 Å². The van der Waals surface area contributed by atoms with Crippen LogP contribution in [0.1, 0.15) is 28.3 Å². The average Bonchev–Trinajstić information content (AvgIpc) is 2.46. The first-order chi connectivity index (χ1) is 9.20. The Kier molecular flexibility index (Phi) is 4.33. The van der Waals surface area contributed by atoms with Gasteiger partial charge in [0, 0.05) is 17.0 Å². The van der Waals surface area contributed by atoms with Gasteiger partial charge in [-0.3, -0.25) is 4.79 Å². The summed E-state index contributed by atoms with van der Waals surface area (Å²) in [5.74, 6) is -0.466. The summed E-state index contributed by atoms with van der Waals surface area (Å²) in [5.41, 5.74) is 1.45. The topological polar surface area (TPSA) is 40.9 Å². The first-order valence-corrected chi connectivity index (χ1v) is 6.32. The molecule has 2 aromatic carbocycles. The molecule has 0 aliphatic rings. The minimum atomic E-state index is -0.440. The number of rotatable bonds is 4. The van der Waals surface area contributed by atoms with Crippen LogP contribution in [0.15, 0.2) is 54.6 Å². The third-order valence-corrected chi connectivity index (χ3v) is 3.17. The lowest BCUT2D eigenvalue weighted by Crippen LogP contribution is -2.06. The van der Waals surface area contributed by atoms with Gasteiger partial charge in [0.1, 0.15) is 0 Å². The van der Waals surface area contributed by atoms with E-state index in [-0.39, 0.29) is 12.2 Å². The Morgan fingerprint density at radius 2 is 1.74 bits per heavy atom. The summed E-state index contributed by atoms with van der Waals surface area (Å²) < 4.78 is 0. The molecule has 2 nitrogen and oxygen atoms in total. The van der Waals surface area contributed by atoms with Crippen LogP contribution in [0, 0.1) is 11.3 Å². The zero-order valence-electron chi connectivity index (χ0n) is 10.2. The van der Waals surface area contributed by atoms with Crippen molar-refractivity contribution in [3.8, 4) is 6.07 Å². The third kappa shape index (κ3) is 3.43. The highest BCUT2D eigenvalue weighted by Crippen LogP contribution is 2.22. The summed E-state index contributed by atoms with van der Waals surface area (Å²) in [7, 11) is 0. The van der Waals surface area contributed by atoms with Crippen LogP contribution in [-0.2, 0) is 0 Å². The van der Waals surface area contributed by atoms with E-state index in [2.05, 4.69) is 6.07 Å². The van der Waals surface area contributed by atoms with E-state index in [4.69, 9.17) is 11.6 Å². The molecule has 0 aliphatic heterocycles. The van der Waals surface area contributed by atoms with Gasteiger partial charge >= 0.3 is 0 Å². The largest absolute Gasteiger partial charge is 0.294 e. The fourth-order valence-corrected chi connectivity index (χ4v) is 1.99. The van der Waals surface area contributed by atoms with Crippen molar-refractivity contribution >= 4 is 17.4 Å². The van der Waals surface area contributed by atoms with E-state index in [0.29, 0.717) is 10.6 Å². The molecule has 0 bridgehead atoms. The predicted octanol–water partition coefficient (Wildman–Crippen LogP) is 4.22. The molecule has 0 fully saturated rings. The Morgan fingerprint density at radius 3 is 2.32 bits per heavy atom. The molecule has 0 spiro atoms. The number of carbonyl (C=O) groups excluding carboxylic acids is 1. The SMILES string of the molecule is N#CC(CC(=O)c1ccccc1)c1ccc(Cl)cc1. The predicted molar refractivity (Wildman–Crippen MR) is 75.2 cm³/mol. The van der Waals surface area contributed by atoms with Crippen molar-refractivity contribution in [2.75, 3.05) is 0 Å². The fourth-order valence-electron chi connectivity index (χ4n) is 1.86. The molecular formula is C16H12ClNO. The minimum absolute atomic E-state index is 0.0258. The second-order valence-electron chi connectivity index (χ2n) is 4.23. The van der Waals surface area contributed by atoms with Gasteiger partial charge in [-0.2, -0.15) is 5.26 Å². The molecule has 1 unspecified atom stereocenters. The summed E-state index contributed by atoms with van der Waals surface area (Å²) in [6.07, 6.45) is 0.183. The van der Waals surface area contributed by atoms with Gasteiger partial charge in [0.15, 0.2) is 5.78 Å². The van der Waals surface area contributed by atoms with Gasteiger partial charge in [0.2, 0.25) is 0 Å². The summed E-state index contributed by atoms with van der Waals surface area (Å²) in [6.45, 7) is 0. The zero-order chi connectivity index (χ0) is 13.7. The molecule has 3 heteroatoms. The molecule has 0 aromatic heterocycles. The molecule has 2 aromatic rings. The first-order valence-electron chi connectivity index (χ1n) is 5.94. The molecule has 0 heterocycles. The fraction of sp³-hybridized carbons (Fsp3) is 0.125. The number of ketones is 1. The van der Waals surface area contributed by atoms with E-state index in [0.717, 1.165) is 5.56 Å². The zero-order valence-corrected chi connectivity index (χ0v) is 11.0. The molecule has 0 N–H and O–H groups in total. The van der Waals surface area contributed by atoms with Crippen molar-refractivity contribution in [1.82, 2.24) is 0 Å². The molecule has 19 heavy (non-hydrogen) atoms. The van der Waals surface area contributed by atoms with E-state index >= 15 is 0 Å². The van der Waals surface area contributed by atoms with Crippen molar-refractivity contribution in [2.45, 2.75) is 12.3 Å². The van der Waals surface area contributed by atoms with Crippen LogP contribution in [-0.4, -0.2) is 5.78 Å². The van der Waals surface area contributed by atoms with E-state index in [9.17, 15) is 10.1 Å². The Labute approximate surface area is 117 Å². The maximum Gasteiger partial charge on any atom is 0.164 e. The second kappa shape index (κ2) is 6.17. The number of halogens is 1. The van der Waals surface area contributed by atoms with Gasteiger partial charge in [-0.15, -0.1) is 0 Å². The first kappa shape index (κ1) is 13.3. The molecule has 0 saturated heterocycles. The van der Waals surface area contributed by atoms with Crippen LogP contribution in [0.3, 0.4) is 0 Å². The van der Waals surface area contributed by atoms with Crippen LogP contribution in [0.4, 0.5) is 0 Å². The molecule has 0 amide bonds. The average molecular weight is 270 g/mol. The number of hydrogen-bond acceptors (Lipinski definition) is 2. The van der Waals surface area contributed by atoms with E-state index in [1.807, 2.05) is 18.2 Å². The van der Waals surface area contributed by atoms with Crippen molar-refractivity contribution < 1.29 is 4.79 Å². The van der Waals surface area contributed by atoms with Crippen molar-refractivity contribution in [3.05, 3.63) is 70.7 Å². The molecule has 0 radical (unpaired) electrons. The van der Waals surface area contributed by atoms with E-state index < -0.39 is 5.92 Å². The lowest BCUT2D eigenvalue weighted by molar-refractivity contribution is 0.0979. The van der Waals surface area contributed by atoms with Gasteiger partial charge in [-0.05, 0) is 17.7 Å². The minimum Gasteiger partial charge on any atom is -0.294 e. The monoisotopic (exact) mass is 269 g/mol. The van der Waals surface area contributed by atoms with Gasteiger partial charge in [0.05, 0.1) is 12.0 Å². The number of Topliss-reactive ketones (excluding diaryl/α,β-unsaturated/α-hetero) is 1. The molecule has 0 aliphatic carbocycles. The van der Waals surface area contributed by atoms with E-state index in [1.54, 1.807) is 36.4 Å². The summed E-state index contributed by atoms with van der Waals surface area (Å²) in [6, 6.07) is 18.2. The van der Waals surface area contributed by atoms with Crippen molar-refractivity contribution in [3.63, 3.8) is 0 Å². The lowest BCUT2D eigenvalue weighted by Gasteiger charge is -2.08. The van der Waals surface area contributed by atoms with Gasteiger partial charge < -0.3 is 0 Å². The highest BCUT2D eigenvalue weighted by molar-refractivity contribution is 6.30. The molecule has 1 atom stereocenters. The molecule has 94 valence electrons. The van der Waals surface area contributed by atoms with Gasteiger partial charge in [0.25, 0.3) is 0 Å². The summed E-state index contributed by atoms with van der Waals surface area (Å²) >= 11 is 5.81. The van der Waals surface area contributed by atoms with Crippen molar-refractivity contribution in [2.24, 2.45) is 0 Å². The smallest absolute Gasteiger partial charge is 0.164 e. The maximum atomic E-state index is 12.1. The third-order valence-electron chi connectivity index (χ3n) is 2.91. The standard InChI is InChI=1S/C16H12ClNO/c17-15-8-6-12(7-9-15)14(11-18)10-16(19)13-4-2-1-3-5-13/h1-9,14H,10H2. The number of nitriles is 1. The van der Waals surface area contributed by atoms with Crippen LogP contribution in [0.25, 0.3) is 0 Å². The second-order valence-corrected chi connectivity index (χ2v) is 4.66. The Hall–Kier alpha value is -2.11. The van der Waals surface area contributed by atoms with Gasteiger partial charge in [-0.1, -0.05) is 54.1 Å². The summed E-state index contributed by atoms with van der Waals surface area (Å²) in [5, 5.41) is 9.83. The number of nitrogens with zero attached hydrogens (tertiary/aromatic N) is 1. The number of benzene rings is 2. The van der Waals surface area contributed by atoms with Gasteiger partial charge in [-0.25, -0.2) is 0 Å². The van der Waals surface area contributed by atoms with Crippen LogP contribution in [0.5, 0.6) is 0 Å². The Bertz CT molecular complexity index is 599. The maximum absolute atomic E-state index is 12.1. The number of carbonyl (C=O) groups is 1. The summed E-state index contributed by atoms with van der Waals surface area (Å²) in [4.78, 5) is 12.1. The molecular weight excluding hydrogens is 258 g/mol. The van der Waals surface area contributed by atoms with Crippen LogP contribution >= 0.6 is 11.6 Å². The highest BCUT2D eigenvalue weighted by Gasteiger charge is 2.16. The molecule has 2 rings (SSSR count). The Morgan fingerprint density at radius 1 is 1.11 bits per heavy atom. The normalized spacial score (nSPS) is 11.6. The lowest BCUT2D eigenvalue weighted by atomic mass is 9.93. The Balaban J connectivity index is 2.14. The number of hydrogen-bond donors (Lipinski definition) is 0. The molecule has 0 saturated carbocycles.